The van der Waals surface area contributed by atoms with Gasteiger partial charge in [-0.25, -0.2) is 9.78 Å². The van der Waals surface area contributed by atoms with Gasteiger partial charge in [0.1, 0.15) is 17.3 Å². The van der Waals surface area contributed by atoms with Crippen LogP contribution in [0.3, 0.4) is 0 Å². The number of rotatable bonds is 5. The van der Waals surface area contributed by atoms with Crippen LogP contribution in [0.5, 0.6) is 0 Å². The molecule has 136 valence electrons. The van der Waals surface area contributed by atoms with Crippen LogP contribution in [0, 0.1) is 5.92 Å². The molecule has 2 N–H and O–H groups in total. The van der Waals surface area contributed by atoms with Gasteiger partial charge in [0.15, 0.2) is 10.9 Å². The zero-order chi connectivity index (χ0) is 18.6. The highest BCUT2D eigenvalue weighted by atomic mass is 32.1. The molecule has 0 fully saturated rings. The third-order valence-electron chi connectivity index (χ3n) is 3.13. The van der Waals surface area contributed by atoms with E-state index < -0.39 is 17.7 Å². The number of furan rings is 1. The second-order valence-corrected chi connectivity index (χ2v) is 7.73. The van der Waals surface area contributed by atoms with Crippen molar-refractivity contribution < 1.29 is 18.7 Å². The first-order chi connectivity index (χ1) is 11.7. The summed E-state index contributed by atoms with van der Waals surface area (Å²) in [6, 6.07) is 2.83. The summed E-state index contributed by atoms with van der Waals surface area (Å²) in [7, 11) is 0. The van der Waals surface area contributed by atoms with Crippen LogP contribution in [0.2, 0.25) is 0 Å². The molecule has 0 spiro atoms. The van der Waals surface area contributed by atoms with E-state index in [-0.39, 0.29) is 11.8 Å². The number of ether oxygens (including phenoxy) is 1. The summed E-state index contributed by atoms with van der Waals surface area (Å²) >= 11 is 1.29. The zero-order valence-electron chi connectivity index (χ0n) is 15.0. The van der Waals surface area contributed by atoms with Crippen LogP contribution in [0.4, 0.5) is 9.93 Å². The number of nitrogens with one attached hydrogen (secondary N) is 2. The maximum Gasteiger partial charge on any atom is 0.408 e. The van der Waals surface area contributed by atoms with Gasteiger partial charge in [0.05, 0.1) is 6.26 Å². The van der Waals surface area contributed by atoms with Crippen molar-refractivity contribution in [2.75, 3.05) is 5.32 Å². The molecule has 0 saturated heterocycles. The van der Waals surface area contributed by atoms with Gasteiger partial charge in [0.25, 0.3) is 0 Å². The maximum atomic E-state index is 12.5. The Morgan fingerprint density at radius 2 is 2.04 bits per heavy atom. The first kappa shape index (κ1) is 19.0. The first-order valence-electron chi connectivity index (χ1n) is 7.95. The van der Waals surface area contributed by atoms with Crippen LogP contribution in [0.25, 0.3) is 11.5 Å². The van der Waals surface area contributed by atoms with E-state index in [0.717, 1.165) is 0 Å². The number of amides is 2. The molecule has 2 rings (SSSR count). The van der Waals surface area contributed by atoms with E-state index in [0.29, 0.717) is 16.6 Å². The van der Waals surface area contributed by atoms with E-state index in [9.17, 15) is 9.59 Å². The van der Waals surface area contributed by atoms with Crippen molar-refractivity contribution in [2.45, 2.75) is 46.3 Å². The molecule has 7 nitrogen and oxygen atoms in total. The number of hydrogen-bond donors (Lipinski definition) is 2. The first-order valence-corrected chi connectivity index (χ1v) is 8.83. The number of aromatic nitrogens is 1. The molecular weight excluding hydrogens is 342 g/mol. The van der Waals surface area contributed by atoms with Crippen LogP contribution >= 0.6 is 11.3 Å². The number of alkyl carbamates (subject to hydrolysis) is 1. The molecule has 0 aliphatic rings. The molecule has 2 amide bonds. The Balaban J connectivity index is 2.02. The Morgan fingerprint density at radius 3 is 2.60 bits per heavy atom. The van der Waals surface area contributed by atoms with Crippen LogP contribution in [0.15, 0.2) is 28.2 Å². The highest BCUT2D eigenvalue weighted by Gasteiger charge is 2.27. The van der Waals surface area contributed by atoms with Gasteiger partial charge in [-0.3, -0.25) is 4.79 Å². The number of thiazole rings is 1. The van der Waals surface area contributed by atoms with Gasteiger partial charge in [-0.2, -0.15) is 0 Å². The average Bonchev–Trinajstić information content (AvgIpc) is 3.12. The topological polar surface area (TPSA) is 93.5 Å². The van der Waals surface area contributed by atoms with Crippen molar-refractivity contribution >= 4 is 28.5 Å². The number of anilines is 1. The molecule has 1 unspecified atom stereocenters. The Bertz CT molecular complexity index is 717. The summed E-state index contributed by atoms with van der Waals surface area (Å²) < 4.78 is 10.5. The lowest BCUT2D eigenvalue weighted by Crippen LogP contribution is -2.48. The van der Waals surface area contributed by atoms with E-state index in [4.69, 9.17) is 9.15 Å². The van der Waals surface area contributed by atoms with Crippen molar-refractivity contribution in [3.63, 3.8) is 0 Å². The largest absolute Gasteiger partial charge is 0.463 e. The molecule has 0 saturated carbocycles. The predicted octanol–water partition coefficient (Wildman–Crippen LogP) is 3.89. The summed E-state index contributed by atoms with van der Waals surface area (Å²) in [6.07, 6.45) is 0.934. The average molecular weight is 365 g/mol. The second kappa shape index (κ2) is 7.69. The summed E-state index contributed by atoms with van der Waals surface area (Å²) in [6.45, 7) is 8.99. The fourth-order valence-electron chi connectivity index (χ4n) is 2.02. The maximum absolute atomic E-state index is 12.5. The van der Waals surface area contributed by atoms with E-state index in [1.54, 1.807) is 44.5 Å². The van der Waals surface area contributed by atoms with Gasteiger partial charge in [-0.1, -0.05) is 13.8 Å². The van der Waals surface area contributed by atoms with E-state index >= 15 is 0 Å². The van der Waals surface area contributed by atoms with Crippen LogP contribution in [0.1, 0.15) is 34.6 Å². The highest BCUT2D eigenvalue weighted by molar-refractivity contribution is 7.14. The fourth-order valence-corrected chi connectivity index (χ4v) is 2.72. The molecule has 2 aromatic rings. The number of nitrogens with zero attached hydrogens (tertiary/aromatic N) is 1. The van der Waals surface area contributed by atoms with Crippen LogP contribution in [-0.4, -0.2) is 28.6 Å². The Hall–Kier alpha value is -2.35. The lowest BCUT2D eigenvalue weighted by molar-refractivity contribution is -0.119. The lowest BCUT2D eigenvalue weighted by atomic mass is 10.0. The minimum Gasteiger partial charge on any atom is -0.463 e. The van der Waals surface area contributed by atoms with Gasteiger partial charge < -0.3 is 19.8 Å². The Kier molecular flexibility index (Phi) is 5.84. The van der Waals surface area contributed by atoms with Gasteiger partial charge in [-0.05, 0) is 38.8 Å². The molecule has 2 aromatic heterocycles. The monoisotopic (exact) mass is 365 g/mol. The van der Waals surface area contributed by atoms with E-state index in [1.165, 1.54) is 11.3 Å². The normalized spacial score (nSPS) is 12.7. The van der Waals surface area contributed by atoms with E-state index in [2.05, 4.69) is 15.6 Å². The fraction of sp³-hybridized carbons (Fsp3) is 0.471. The van der Waals surface area contributed by atoms with Gasteiger partial charge >= 0.3 is 6.09 Å². The van der Waals surface area contributed by atoms with Crippen molar-refractivity contribution in [3.05, 3.63) is 23.8 Å². The molecule has 8 heteroatoms. The van der Waals surface area contributed by atoms with Crippen molar-refractivity contribution in [3.8, 4) is 11.5 Å². The molecule has 2 heterocycles. The predicted molar refractivity (Wildman–Crippen MR) is 96.4 cm³/mol. The summed E-state index contributed by atoms with van der Waals surface area (Å²) in [5, 5.41) is 7.57. The molecule has 0 aliphatic carbocycles. The SMILES string of the molecule is CC(C)C(NC(=O)OC(C)(C)C)C(=O)Nc1nc(-c2ccco2)cs1. The van der Waals surface area contributed by atoms with Crippen molar-refractivity contribution in [1.29, 1.82) is 0 Å². The standard InChI is InChI=1S/C17H23N3O4S/c1-10(2)13(19-16(22)24-17(3,4)5)14(21)20-15-18-11(9-25-15)12-7-6-8-23-12/h6-10,13H,1-5H3,(H,19,22)(H,18,20,21). The third-order valence-corrected chi connectivity index (χ3v) is 3.89. The third kappa shape index (κ3) is 5.60. The summed E-state index contributed by atoms with van der Waals surface area (Å²) in [5.41, 5.74) is 0.0153. The minimum absolute atomic E-state index is 0.114. The second-order valence-electron chi connectivity index (χ2n) is 6.87. The molecule has 0 aliphatic heterocycles. The Morgan fingerprint density at radius 1 is 1.32 bits per heavy atom. The molecule has 0 aromatic carbocycles. The van der Waals surface area contributed by atoms with Gasteiger partial charge in [-0.15, -0.1) is 11.3 Å². The van der Waals surface area contributed by atoms with E-state index in [1.807, 2.05) is 13.8 Å². The van der Waals surface area contributed by atoms with Gasteiger partial charge in [0, 0.05) is 5.38 Å². The summed E-state index contributed by atoms with van der Waals surface area (Å²) in [5.74, 6) is 0.169. The number of carbonyl (C=O) groups is 2. The molecule has 0 bridgehead atoms. The van der Waals surface area contributed by atoms with Gasteiger partial charge in [0.2, 0.25) is 5.91 Å². The lowest BCUT2D eigenvalue weighted by Gasteiger charge is -2.24. The van der Waals surface area contributed by atoms with Crippen LogP contribution < -0.4 is 10.6 Å². The quantitative estimate of drug-likeness (QED) is 0.838. The Labute approximate surface area is 150 Å². The molecular formula is C17H23N3O4S. The zero-order valence-corrected chi connectivity index (χ0v) is 15.8. The minimum atomic E-state index is -0.731. The summed E-state index contributed by atoms with van der Waals surface area (Å²) in [4.78, 5) is 28.8. The smallest absolute Gasteiger partial charge is 0.408 e. The molecule has 1 atom stereocenters. The highest BCUT2D eigenvalue weighted by Crippen LogP contribution is 2.25. The molecule has 0 radical (unpaired) electrons. The molecule has 25 heavy (non-hydrogen) atoms. The van der Waals surface area contributed by atoms with Crippen LogP contribution in [-0.2, 0) is 9.53 Å². The van der Waals surface area contributed by atoms with Crippen molar-refractivity contribution in [1.82, 2.24) is 10.3 Å². The number of hydrogen-bond acceptors (Lipinski definition) is 6. The number of carbonyl (C=O) groups excluding carboxylic acids is 2. The van der Waals surface area contributed by atoms with Crippen molar-refractivity contribution in [2.24, 2.45) is 5.92 Å².